The van der Waals surface area contributed by atoms with Crippen LogP contribution < -0.4 is 10.6 Å². The maximum Gasteiger partial charge on any atom is 0.319 e. The van der Waals surface area contributed by atoms with E-state index in [0.717, 1.165) is 16.8 Å². The number of hydrogen-bond acceptors (Lipinski definition) is 7. The normalized spacial score (nSPS) is 19.7. The summed E-state index contributed by atoms with van der Waals surface area (Å²) in [6.45, 7) is 5.66. The van der Waals surface area contributed by atoms with Gasteiger partial charge in [0.15, 0.2) is 11.6 Å². The van der Waals surface area contributed by atoms with Crippen molar-refractivity contribution in [2.24, 2.45) is 0 Å². The third-order valence-electron chi connectivity index (χ3n) is 5.83. The molecule has 5 rings (SSSR count). The number of rotatable bonds is 5. The van der Waals surface area contributed by atoms with Gasteiger partial charge in [-0.1, -0.05) is 5.16 Å². The molecule has 1 saturated heterocycles. The molecule has 0 spiro atoms. The van der Waals surface area contributed by atoms with Gasteiger partial charge in [0.05, 0.1) is 30.1 Å². The van der Waals surface area contributed by atoms with Gasteiger partial charge in [0.2, 0.25) is 6.29 Å². The summed E-state index contributed by atoms with van der Waals surface area (Å²) in [6.07, 6.45) is 2.59. The predicted octanol–water partition coefficient (Wildman–Crippen LogP) is 4.51. The Labute approximate surface area is 206 Å². The van der Waals surface area contributed by atoms with Crippen molar-refractivity contribution in [3.63, 3.8) is 0 Å². The number of carbonyl (C=O) groups is 1. The summed E-state index contributed by atoms with van der Waals surface area (Å²) in [5.74, 6) is 0.649. The Hall–Kier alpha value is -4.09. The van der Waals surface area contributed by atoms with Gasteiger partial charge in [-0.3, -0.25) is 4.98 Å². The fourth-order valence-corrected chi connectivity index (χ4v) is 3.97. The summed E-state index contributed by atoms with van der Waals surface area (Å²) in [6, 6.07) is 9.39. The molecule has 1 aromatic carbocycles. The summed E-state index contributed by atoms with van der Waals surface area (Å²) in [7, 11) is 0. The second kappa shape index (κ2) is 9.51. The first-order valence-corrected chi connectivity index (χ1v) is 11.3. The molecule has 3 aromatic heterocycles. The van der Waals surface area contributed by atoms with Gasteiger partial charge in [-0.2, -0.15) is 0 Å². The monoisotopic (exact) mass is 492 g/mol. The number of urea groups is 1. The lowest BCUT2D eigenvalue weighted by Crippen LogP contribution is -2.56. The molecule has 0 saturated carbocycles. The Morgan fingerprint density at radius 1 is 1.08 bits per heavy atom. The van der Waals surface area contributed by atoms with Gasteiger partial charge in [-0.05, 0) is 57.2 Å². The number of aromatic nitrogens is 4. The van der Waals surface area contributed by atoms with Gasteiger partial charge in [0.25, 0.3) is 0 Å². The lowest BCUT2D eigenvalue weighted by Gasteiger charge is -2.37. The molecule has 3 N–H and O–H groups in total. The largest absolute Gasteiger partial charge is 0.359 e. The van der Waals surface area contributed by atoms with Crippen LogP contribution in [0.15, 0.2) is 53.3 Å². The molecule has 4 heterocycles. The number of H-pyrrole nitrogens is 1. The van der Waals surface area contributed by atoms with Crippen LogP contribution in [0.2, 0.25) is 0 Å². The molecular weight excluding hydrogens is 467 g/mol. The molecule has 0 radical (unpaired) electrons. The van der Waals surface area contributed by atoms with Crippen molar-refractivity contribution in [2.75, 3.05) is 18.5 Å². The number of amides is 2. The Bertz CT molecular complexity index is 1340. The zero-order valence-electron chi connectivity index (χ0n) is 20.0. The number of carbonyl (C=O) groups excluding carboxylic acids is 1. The molecule has 2 amide bonds. The maximum absolute atomic E-state index is 13.5. The molecule has 1 aliphatic heterocycles. The molecule has 1 fully saturated rings. The van der Waals surface area contributed by atoms with E-state index in [9.17, 15) is 9.18 Å². The minimum absolute atomic E-state index is 0.184. The van der Waals surface area contributed by atoms with Crippen LogP contribution in [-0.2, 0) is 9.47 Å². The second-order valence-corrected chi connectivity index (χ2v) is 8.88. The van der Waals surface area contributed by atoms with Crippen molar-refractivity contribution in [2.45, 2.75) is 32.6 Å². The third-order valence-corrected chi connectivity index (χ3v) is 5.83. The zero-order chi connectivity index (χ0) is 25.3. The number of nitrogens with zero attached hydrogens (tertiary/aromatic N) is 3. The summed E-state index contributed by atoms with van der Waals surface area (Å²) >= 11 is 0. The Morgan fingerprint density at radius 2 is 1.78 bits per heavy atom. The molecule has 0 unspecified atom stereocenters. The van der Waals surface area contributed by atoms with E-state index in [1.807, 2.05) is 19.1 Å². The maximum atomic E-state index is 13.5. The van der Waals surface area contributed by atoms with Crippen LogP contribution in [0.4, 0.5) is 14.9 Å². The fraction of sp³-hybridized carbons (Fsp3) is 0.280. The Morgan fingerprint density at radius 3 is 2.42 bits per heavy atom. The van der Waals surface area contributed by atoms with E-state index < -0.39 is 17.9 Å². The number of benzene rings is 1. The van der Waals surface area contributed by atoms with Gasteiger partial charge in [-0.15, -0.1) is 0 Å². The van der Waals surface area contributed by atoms with Crippen molar-refractivity contribution in [1.82, 2.24) is 25.4 Å². The molecule has 10 nitrogen and oxygen atoms in total. The zero-order valence-corrected chi connectivity index (χ0v) is 20.0. The van der Waals surface area contributed by atoms with E-state index in [1.165, 1.54) is 12.1 Å². The first-order valence-electron chi connectivity index (χ1n) is 11.3. The van der Waals surface area contributed by atoms with E-state index in [2.05, 4.69) is 25.8 Å². The predicted molar refractivity (Wildman–Crippen MR) is 128 cm³/mol. The molecule has 0 aliphatic carbocycles. The first kappa shape index (κ1) is 23.6. The van der Waals surface area contributed by atoms with Crippen molar-refractivity contribution in [3.8, 4) is 22.5 Å². The van der Waals surface area contributed by atoms with Crippen LogP contribution in [0.3, 0.4) is 0 Å². The molecule has 1 aliphatic rings. The van der Waals surface area contributed by atoms with E-state index in [0.29, 0.717) is 28.7 Å². The average molecular weight is 493 g/mol. The number of pyridine rings is 1. The van der Waals surface area contributed by atoms with Crippen molar-refractivity contribution >= 4 is 11.7 Å². The van der Waals surface area contributed by atoms with E-state index >= 15 is 0 Å². The second-order valence-electron chi connectivity index (χ2n) is 8.88. The molecule has 0 bridgehead atoms. The molecule has 186 valence electrons. The van der Waals surface area contributed by atoms with Crippen LogP contribution >= 0.6 is 0 Å². The van der Waals surface area contributed by atoms with Gasteiger partial charge in [-0.25, -0.2) is 14.2 Å². The minimum atomic E-state index is -0.778. The summed E-state index contributed by atoms with van der Waals surface area (Å²) in [5.41, 5.74) is 3.30. The number of halogens is 1. The van der Waals surface area contributed by atoms with Crippen molar-refractivity contribution in [1.29, 1.82) is 0 Å². The van der Waals surface area contributed by atoms with Gasteiger partial charge < -0.3 is 29.6 Å². The molecule has 36 heavy (non-hydrogen) atoms. The first-order chi connectivity index (χ1) is 17.3. The Kier molecular flexibility index (Phi) is 6.25. The summed E-state index contributed by atoms with van der Waals surface area (Å²) in [4.78, 5) is 24.7. The van der Waals surface area contributed by atoms with Gasteiger partial charge >= 0.3 is 6.03 Å². The smallest absolute Gasteiger partial charge is 0.319 e. The number of anilines is 1. The highest BCUT2D eigenvalue weighted by molar-refractivity contribution is 5.90. The number of aromatic amines is 1. The highest BCUT2D eigenvalue weighted by Gasteiger charge is 2.36. The number of ether oxygens (including phenoxy) is 2. The SMILES string of the molecule is Cc1noc(C)c1NC(=O)NC1(C)COC(c2nc(-c3ccc(F)cc3)c(-c3ccncc3)[nH]2)OC1. The minimum Gasteiger partial charge on any atom is -0.359 e. The van der Waals surface area contributed by atoms with Crippen LogP contribution in [-0.4, -0.2) is 44.9 Å². The van der Waals surface area contributed by atoms with Crippen molar-refractivity contribution in [3.05, 3.63) is 71.9 Å². The average Bonchev–Trinajstić information content (AvgIpc) is 3.45. The number of imidazole rings is 1. The summed E-state index contributed by atoms with van der Waals surface area (Å²) in [5, 5.41) is 9.48. The van der Waals surface area contributed by atoms with Crippen LogP contribution in [0.5, 0.6) is 0 Å². The van der Waals surface area contributed by atoms with Crippen LogP contribution in [0.1, 0.15) is 30.5 Å². The molecule has 11 heteroatoms. The lowest BCUT2D eigenvalue weighted by atomic mass is 10.0. The van der Waals surface area contributed by atoms with Crippen molar-refractivity contribution < 1.29 is 23.2 Å². The van der Waals surface area contributed by atoms with Gasteiger partial charge in [0.1, 0.15) is 17.2 Å². The standard InChI is InChI=1S/C25H25FN6O4/c1-14-19(15(2)36-32-14)30-24(33)31-25(3)12-34-23(35-13-25)22-28-20(16-4-6-18(26)7-5-16)21(29-22)17-8-10-27-11-9-17/h4-11,23H,12-13H2,1-3H3,(H,28,29)(H2,30,31,33). The van der Waals surface area contributed by atoms with E-state index in [4.69, 9.17) is 19.0 Å². The molecule has 4 aromatic rings. The number of nitrogens with one attached hydrogen (secondary N) is 3. The van der Waals surface area contributed by atoms with E-state index in [-0.39, 0.29) is 19.0 Å². The molecule has 0 atom stereocenters. The number of aryl methyl sites for hydroxylation is 2. The summed E-state index contributed by atoms with van der Waals surface area (Å²) < 4.78 is 30.5. The third kappa shape index (κ3) is 4.83. The topological polar surface area (TPSA) is 127 Å². The fourth-order valence-electron chi connectivity index (χ4n) is 3.97. The quantitative estimate of drug-likeness (QED) is 0.374. The highest BCUT2D eigenvalue weighted by atomic mass is 19.1. The highest BCUT2D eigenvalue weighted by Crippen LogP contribution is 2.34. The Balaban J connectivity index is 1.32. The van der Waals surface area contributed by atoms with Crippen LogP contribution in [0, 0.1) is 19.7 Å². The number of hydrogen-bond donors (Lipinski definition) is 3. The van der Waals surface area contributed by atoms with E-state index in [1.54, 1.807) is 38.4 Å². The van der Waals surface area contributed by atoms with Gasteiger partial charge in [0, 0.05) is 23.5 Å². The lowest BCUT2D eigenvalue weighted by molar-refractivity contribution is -0.215. The molecular formula is C25H25FN6O4. The van der Waals surface area contributed by atoms with Crippen LogP contribution in [0.25, 0.3) is 22.5 Å².